The zero-order valence-electron chi connectivity index (χ0n) is 20.2. The molecule has 9 heteroatoms. The van der Waals surface area contributed by atoms with Crippen molar-refractivity contribution in [2.24, 2.45) is 0 Å². The first-order valence-corrected chi connectivity index (χ1v) is 12.2. The van der Waals surface area contributed by atoms with Crippen LogP contribution >= 0.6 is 12.2 Å². The Hall–Kier alpha value is -2.39. The highest BCUT2D eigenvalue weighted by Gasteiger charge is 2.24. The van der Waals surface area contributed by atoms with Crippen molar-refractivity contribution in [3.63, 3.8) is 0 Å². The number of rotatable bonds is 11. The lowest BCUT2D eigenvalue weighted by atomic mass is 9.95. The monoisotopic (exact) mass is 476 g/mol. The molecule has 0 bridgehead atoms. The fourth-order valence-corrected chi connectivity index (χ4v) is 4.78. The maximum atomic E-state index is 12.1. The van der Waals surface area contributed by atoms with E-state index >= 15 is 0 Å². The largest absolute Gasteiger partial charge is 0.493 e. The van der Waals surface area contributed by atoms with E-state index in [1.54, 1.807) is 14.2 Å². The normalized spacial score (nSPS) is 14.5. The molecule has 182 valence electrons. The molecule has 0 unspecified atom stereocenters. The van der Waals surface area contributed by atoms with Gasteiger partial charge in [-0.2, -0.15) is 5.10 Å². The molecule has 0 atom stereocenters. The van der Waals surface area contributed by atoms with Crippen LogP contribution in [-0.4, -0.2) is 59.1 Å². The Kier molecular flexibility index (Phi) is 9.31. The summed E-state index contributed by atoms with van der Waals surface area (Å²) in [5, 5.41) is 4.95. The lowest BCUT2D eigenvalue weighted by Crippen LogP contribution is -2.34. The van der Waals surface area contributed by atoms with Gasteiger partial charge in [-0.3, -0.25) is 14.3 Å². The molecule has 8 nitrogen and oxygen atoms in total. The smallest absolute Gasteiger partial charge is 0.320 e. The van der Waals surface area contributed by atoms with E-state index in [2.05, 4.69) is 11.5 Å². The van der Waals surface area contributed by atoms with Gasteiger partial charge in [-0.1, -0.05) is 26.2 Å². The third-order valence-electron chi connectivity index (χ3n) is 5.98. The Morgan fingerprint density at radius 2 is 1.88 bits per heavy atom. The average molecular weight is 477 g/mol. The molecule has 1 aliphatic rings. The quantitative estimate of drug-likeness (QED) is 0.340. The van der Waals surface area contributed by atoms with Crippen LogP contribution in [0.25, 0.3) is 11.4 Å². The summed E-state index contributed by atoms with van der Waals surface area (Å²) in [4.78, 5) is 14.2. The molecule has 1 aromatic heterocycles. The first-order chi connectivity index (χ1) is 16.0. The van der Waals surface area contributed by atoms with E-state index in [0.29, 0.717) is 35.6 Å². The van der Waals surface area contributed by atoms with Gasteiger partial charge in [0.1, 0.15) is 0 Å². The number of nitrogens with zero attached hydrogens (tertiary/aromatic N) is 4. The first-order valence-electron chi connectivity index (χ1n) is 11.8. The standard InChI is InChI=1S/C24H36N4O4S/c1-5-14-26(16-22(29)32-6-2)17-27-24(33)28(19-10-8-7-9-11-19)23(25-27)18-12-13-20(30-3)21(15-18)31-4/h12-13,15,19H,5-11,14,16-17H2,1-4H3. The third-order valence-corrected chi connectivity index (χ3v) is 6.39. The predicted molar refractivity (Wildman–Crippen MR) is 130 cm³/mol. The molecule has 2 aromatic rings. The number of ether oxygens (including phenoxy) is 3. The maximum Gasteiger partial charge on any atom is 0.320 e. The van der Waals surface area contributed by atoms with Crippen molar-refractivity contribution in [3.05, 3.63) is 23.0 Å². The third kappa shape index (κ3) is 6.14. The summed E-state index contributed by atoms with van der Waals surface area (Å²) in [7, 11) is 3.26. The molecule has 0 amide bonds. The highest BCUT2D eigenvalue weighted by atomic mass is 32.1. The van der Waals surface area contributed by atoms with Gasteiger partial charge in [0.2, 0.25) is 0 Å². The van der Waals surface area contributed by atoms with Crippen LogP contribution in [0.3, 0.4) is 0 Å². The summed E-state index contributed by atoms with van der Waals surface area (Å²) < 4.78 is 20.8. The highest BCUT2D eigenvalue weighted by molar-refractivity contribution is 7.71. The second-order valence-corrected chi connectivity index (χ2v) is 8.70. The highest BCUT2D eigenvalue weighted by Crippen LogP contribution is 2.36. The molecule has 3 rings (SSSR count). The van der Waals surface area contributed by atoms with Crippen molar-refractivity contribution in [2.75, 3.05) is 33.9 Å². The molecule has 1 aromatic carbocycles. The van der Waals surface area contributed by atoms with Crippen LogP contribution in [0.4, 0.5) is 0 Å². The topological polar surface area (TPSA) is 70.8 Å². The maximum absolute atomic E-state index is 12.1. The van der Waals surface area contributed by atoms with E-state index in [1.165, 1.54) is 19.3 Å². The molecule has 0 aliphatic heterocycles. The Bertz CT molecular complexity index is 981. The van der Waals surface area contributed by atoms with Crippen molar-refractivity contribution in [1.82, 2.24) is 19.2 Å². The second kappa shape index (κ2) is 12.2. The van der Waals surface area contributed by atoms with Crippen LogP contribution < -0.4 is 9.47 Å². The Morgan fingerprint density at radius 3 is 2.52 bits per heavy atom. The van der Waals surface area contributed by atoms with Crippen molar-refractivity contribution in [2.45, 2.75) is 65.1 Å². The minimum atomic E-state index is -0.232. The van der Waals surface area contributed by atoms with Crippen LogP contribution in [0.5, 0.6) is 11.5 Å². The number of esters is 1. The lowest BCUT2D eigenvalue weighted by molar-refractivity contribution is -0.144. The Morgan fingerprint density at radius 1 is 1.15 bits per heavy atom. The Labute approximate surface area is 201 Å². The molecular weight excluding hydrogens is 440 g/mol. The van der Waals surface area contributed by atoms with E-state index in [-0.39, 0.29) is 12.5 Å². The van der Waals surface area contributed by atoms with Crippen molar-refractivity contribution < 1.29 is 19.0 Å². The van der Waals surface area contributed by atoms with Gasteiger partial charge >= 0.3 is 5.97 Å². The van der Waals surface area contributed by atoms with Crippen LogP contribution in [-0.2, 0) is 16.2 Å². The van der Waals surface area contributed by atoms with Gasteiger partial charge in [0.25, 0.3) is 0 Å². The summed E-state index contributed by atoms with van der Waals surface area (Å²) in [5.74, 6) is 1.91. The van der Waals surface area contributed by atoms with Gasteiger partial charge in [-0.25, -0.2) is 4.68 Å². The minimum absolute atomic E-state index is 0.214. The molecule has 0 N–H and O–H groups in total. The van der Waals surface area contributed by atoms with Crippen LogP contribution in [0.1, 0.15) is 58.4 Å². The number of benzene rings is 1. The van der Waals surface area contributed by atoms with E-state index in [4.69, 9.17) is 31.5 Å². The number of aromatic nitrogens is 3. The number of hydrogen-bond donors (Lipinski definition) is 0. The molecule has 1 saturated carbocycles. The molecule has 0 spiro atoms. The van der Waals surface area contributed by atoms with E-state index in [1.807, 2.05) is 34.7 Å². The van der Waals surface area contributed by atoms with Crippen molar-refractivity contribution in [1.29, 1.82) is 0 Å². The van der Waals surface area contributed by atoms with Crippen LogP contribution in [0.2, 0.25) is 0 Å². The van der Waals surface area contributed by atoms with Crippen molar-refractivity contribution in [3.8, 4) is 22.9 Å². The summed E-state index contributed by atoms with van der Waals surface area (Å²) in [6, 6.07) is 6.14. The molecule has 1 heterocycles. The number of hydrogen-bond acceptors (Lipinski definition) is 7. The van der Waals surface area contributed by atoms with Gasteiger partial charge in [-0.05, 0) is 56.6 Å². The second-order valence-electron chi connectivity index (χ2n) is 8.34. The summed E-state index contributed by atoms with van der Waals surface area (Å²) >= 11 is 5.94. The first kappa shape index (κ1) is 25.2. The number of methoxy groups -OCH3 is 2. The molecular formula is C24H36N4O4S. The Balaban J connectivity index is 2.01. The number of carbonyl (C=O) groups is 1. The SMILES string of the molecule is CCCN(CC(=O)OCC)Cn1nc(-c2ccc(OC)c(OC)c2)n(C2CCCCC2)c1=S. The van der Waals surface area contributed by atoms with Crippen LogP contribution in [0, 0.1) is 4.77 Å². The molecule has 0 radical (unpaired) electrons. The summed E-state index contributed by atoms with van der Waals surface area (Å²) in [6.07, 6.45) is 6.72. The van der Waals surface area contributed by atoms with E-state index in [9.17, 15) is 4.79 Å². The molecule has 1 fully saturated rings. The number of carbonyl (C=O) groups excluding carboxylic acids is 1. The zero-order valence-corrected chi connectivity index (χ0v) is 21.0. The van der Waals surface area contributed by atoms with Gasteiger partial charge in [-0.15, -0.1) is 0 Å². The van der Waals surface area contributed by atoms with E-state index in [0.717, 1.165) is 37.2 Å². The molecule has 0 saturated heterocycles. The van der Waals surface area contributed by atoms with Gasteiger partial charge in [0.05, 0.1) is 34.0 Å². The van der Waals surface area contributed by atoms with E-state index < -0.39 is 0 Å². The molecule has 33 heavy (non-hydrogen) atoms. The fourth-order valence-electron chi connectivity index (χ4n) is 4.45. The predicted octanol–water partition coefficient (Wildman–Crippen LogP) is 4.84. The summed E-state index contributed by atoms with van der Waals surface area (Å²) in [6.45, 7) is 5.68. The van der Waals surface area contributed by atoms with Crippen molar-refractivity contribution >= 4 is 18.2 Å². The lowest BCUT2D eigenvalue weighted by Gasteiger charge is -2.24. The van der Waals surface area contributed by atoms with Gasteiger partial charge < -0.3 is 14.2 Å². The average Bonchev–Trinajstić information content (AvgIpc) is 3.15. The fraction of sp³-hybridized carbons (Fsp3) is 0.625. The molecule has 1 aliphatic carbocycles. The van der Waals surface area contributed by atoms with Gasteiger partial charge in [0, 0.05) is 18.2 Å². The van der Waals surface area contributed by atoms with Gasteiger partial charge in [0.15, 0.2) is 22.1 Å². The minimum Gasteiger partial charge on any atom is -0.493 e. The van der Waals surface area contributed by atoms with Crippen LogP contribution in [0.15, 0.2) is 18.2 Å². The zero-order chi connectivity index (χ0) is 23.8. The summed E-state index contributed by atoms with van der Waals surface area (Å²) in [5.41, 5.74) is 0.926.